The van der Waals surface area contributed by atoms with E-state index in [-0.39, 0.29) is 98.9 Å². The van der Waals surface area contributed by atoms with Gasteiger partial charge in [-0.1, -0.05) is 68.7 Å². The number of nitrogens with one attached hydrogen (secondary N) is 3. The normalized spacial score (nSPS) is 42.4. The zero-order valence-corrected chi connectivity index (χ0v) is 45.8. The van der Waals surface area contributed by atoms with E-state index in [9.17, 15) is 40.2 Å². The molecule has 11 N–H and O–H groups in total. The van der Waals surface area contributed by atoms with Crippen molar-refractivity contribution < 1.29 is 49.8 Å². The number of fused-ring (bicyclic) bond motifs is 10. The number of benzene rings is 1. The number of aliphatic hydroxyl groups excluding tert-OH is 4. The number of hydrogen-bond acceptors (Lipinski definition) is 12. The van der Waals surface area contributed by atoms with Crippen LogP contribution >= 0.6 is 0 Å². The van der Waals surface area contributed by atoms with Crippen LogP contribution in [-0.4, -0.2) is 114 Å². The SMILES string of the molecule is CC(=O)[C@H](CO)NC1=C2[C@H](CC[C@]3(CCNC(N)=NCc4ccccc4)[C@@H]4[C@@H](CC#C[C@H]([C@H]5COC(=O)[C@@H]5c5cc[nH]c5)C[C@@H]5[C@@H](CC=C6CC[C@H](C)C[C@H]65)[C@H](C)C[C@@H](O)[C@]4(C)O)C[C@@]23O)[C@@]2(C)C[C@H](O)[C@H](O)C[C@H]2C1=O. The number of nitrogens with zero attached hydrogens (tertiary/aromatic N) is 1. The molecule has 7 aliphatic carbocycles. The number of carbonyl (C=O) groups is 3. The van der Waals surface area contributed by atoms with E-state index in [2.05, 4.69) is 52.4 Å². The molecule has 2 aromatic rings. The number of aromatic amines is 1. The van der Waals surface area contributed by atoms with Crippen LogP contribution in [-0.2, 0) is 25.7 Å². The molecule has 0 radical (unpaired) electrons. The van der Waals surface area contributed by atoms with E-state index in [1.807, 2.05) is 55.7 Å². The van der Waals surface area contributed by atoms with Crippen LogP contribution in [0.3, 0.4) is 0 Å². The van der Waals surface area contributed by atoms with Gasteiger partial charge < -0.3 is 56.7 Å². The summed E-state index contributed by atoms with van der Waals surface area (Å²) < 4.78 is 5.94. The first-order valence-electron chi connectivity index (χ1n) is 28.9. The van der Waals surface area contributed by atoms with Crippen LogP contribution in [0.2, 0.25) is 0 Å². The molecular formula is C62H85N5O10. The molecule has 1 aromatic heterocycles. The summed E-state index contributed by atoms with van der Waals surface area (Å²) in [6.07, 6.45) is 8.98. The lowest BCUT2D eigenvalue weighted by molar-refractivity contribution is -0.190. The minimum absolute atomic E-state index is 0.0210. The molecule has 2 heterocycles. The van der Waals surface area contributed by atoms with Gasteiger partial charge in [0.15, 0.2) is 17.5 Å². The predicted molar refractivity (Wildman–Crippen MR) is 291 cm³/mol. The number of esters is 1. The summed E-state index contributed by atoms with van der Waals surface area (Å²) in [7, 11) is 0. The van der Waals surface area contributed by atoms with E-state index in [0.29, 0.717) is 36.8 Å². The number of aliphatic imine (C=N–C) groups is 1. The fraction of sp³-hybridized carbons (Fsp3) is 0.677. The minimum atomic E-state index is -1.89. The standard InChI is InChI=1S/C62H85N5O10/c1-34-14-15-38-16-17-42-35(2)25-51(72)60(5,75)56-40(13-9-12-39(26-44(42)43(38)24-34)45-33-77-57(74)52(45)41-19-22-64-31-41)28-62(76)53-46(18-20-61(56,62)21-23-65-58(63)66-30-37-10-7-6-8-11-37)59(4)29-50(71)49(70)27-47(59)55(73)54(53)67-48(32-68)36(3)69/h6-8,10-11,16,19,22,31,34-35,39-40,42-52,56,64,67-68,70-72,75-76H,13-15,17-18,20-21,23-30,32-33H2,1-5H3,(H3,63,65,66)/t34-,35+,39-,40-,42-,43+,44+,45+,46-,47-,48-,49+,50-,51+,52+,56+,59+,60-,61-,62+/m0/s1. The third-order valence-electron chi connectivity index (χ3n) is 21.4. The van der Waals surface area contributed by atoms with Crippen molar-refractivity contribution in [2.75, 3.05) is 19.8 Å². The van der Waals surface area contributed by atoms with Gasteiger partial charge in [-0.05, 0) is 161 Å². The number of rotatable bonds is 11. The van der Waals surface area contributed by atoms with Crippen LogP contribution in [0.25, 0.3) is 0 Å². The van der Waals surface area contributed by atoms with E-state index in [1.165, 1.54) is 12.5 Å². The van der Waals surface area contributed by atoms with Gasteiger partial charge in [-0.3, -0.25) is 14.4 Å². The van der Waals surface area contributed by atoms with Crippen molar-refractivity contribution >= 4 is 23.5 Å². The fourth-order valence-electron chi connectivity index (χ4n) is 17.5. The highest BCUT2D eigenvalue weighted by Gasteiger charge is 2.74. The van der Waals surface area contributed by atoms with Crippen molar-refractivity contribution in [3.63, 3.8) is 0 Å². The number of ether oxygens (including phenoxy) is 1. The third-order valence-corrected chi connectivity index (χ3v) is 21.4. The maximum Gasteiger partial charge on any atom is 0.313 e. The molecule has 0 amide bonds. The molecule has 77 heavy (non-hydrogen) atoms. The first kappa shape index (κ1) is 55.5. The number of Topliss-reactive ketones (excluding diaryl/α,β-unsaturated/α-hetero) is 2. The van der Waals surface area contributed by atoms with Gasteiger partial charge in [0, 0.05) is 54.4 Å². The molecule has 8 aliphatic rings. The molecule has 0 spiro atoms. The Morgan fingerprint density at radius 2 is 1.75 bits per heavy atom. The number of hydrogen-bond donors (Lipinski definition) is 10. The van der Waals surface area contributed by atoms with Crippen molar-refractivity contribution in [3.8, 4) is 11.8 Å². The summed E-state index contributed by atoms with van der Waals surface area (Å²) in [5.41, 5.74) is 4.43. The Bertz CT molecular complexity index is 2680. The van der Waals surface area contributed by atoms with Crippen molar-refractivity contribution in [2.45, 2.75) is 166 Å². The molecule has 5 fully saturated rings. The van der Waals surface area contributed by atoms with Gasteiger partial charge in [0.2, 0.25) is 0 Å². The average molecular weight is 1060 g/mol. The van der Waals surface area contributed by atoms with Gasteiger partial charge in [-0.15, -0.1) is 5.92 Å². The monoisotopic (exact) mass is 1060 g/mol. The number of carbonyl (C=O) groups excluding carboxylic acids is 3. The maximum atomic E-state index is 15.4. The van der Waals surface area contributed by atoms with Gasteiger partial charge in [0.05, 0.1) is 60.9 Å². The molecule has 1 aromatic carbocycles. The Hall–Kier alpha value is -4.82. The summed E-state index contributed by atoms with van der Waals surface area (Å²) in [5.74, 6) is 4.05. The Balaban J connectivity index is 1.13. The lowest BCUT2D eigenvalue weighted by atomic mass is 9.44. The number of nitrogens with two attached hydrogens (primary N) is 1. The smallest absolute Gasteiger partial charge is 0.313 e. The number of guanidine groups is 1. The Kier molecular flexibility index (Phi) is 15.6. The Morgan fingerprint density at radius 3 is 2.48 bits per heavy atom. The second-order valence-electron chi connectivity index (χ2n) is 25.8. The highest BCUT2D eigenvalue weighted by molar-refractivity contribution is 6.00. The topological polar surface area (TPSA) is 260 Å². The molecular weight excluding hydrogens is 975 g/mol. The second kappa shape index (κ2) is 21.7. The van der Waals surface area contributed by atoms with E-state index in [0.717, 1.165) is 43.2 Å². The third kappa shape index (κ3) is 9.83. The van der Waals surface area contributed by atoms with Crippen molar-refractivity contribution in [2.24, 2.45) is 86.7 Å². The molecule has 1 aliphatic heterocycles. The predicted octanol–water partition coefficient (Wildman–Crippen LogP) is 5.59. The van der Waals surface area contributed by atoms with Crippen LogP contribution in [0.5, 0.6) is 0 Å². The van der Waals surface area contributed by atoms with Crippen LogP contribution < -0.4 is 16.4 Å². The molecule has 1 saturated heterocycles. The second-order valence-corrected chi connectivity index (χ2v) is 25.8. The highest BCUT2D eigenvalue weighted by Crippen LogP contribution is 2.72. The zero-order valence-electron chi connectivity index (χ0n) is 45.8. The number of H-pyrrole nitrogens is 1. The first-order valence-corrected chi connectivity index (χ1v) is 28.9. The summed E-state index contributed by atoms with van der Waals surface area (Å²) in [4.78, 5) is 50.2. The highest BCUT2D eigenvalue weighted by atomic mass is 16.5. The van der Waals surface area contributed by atoms with Gasteiger partial charge in [0.25, 0.3) is 0 Å². The average Bonchev–Trinajstić information content (AvgIpc) is 4.36. The van der Waals surface area contributed by atoms with Gasteiger partial charge >= 0.3 is 5.97 Å². The molecule has 4 saturated carbocycles. The molecule has 15 heteroatoms. The minimum Gasteiger partial charge on any atom is -0.465 e. The van der Waals surface area contributed by atoms with Crippen LogP contribution in [0.4, 0.5) is 0 Å². The van der Waals surface area contributed by atoms with Gasteiger partial charge in [0.1, 0.15) is 6.04 Å². The number of cyclic esters (lactones) is 1. The lowest BCUT2D eigenvalue weighted by Gasteiger charge is -2.62. The maximum absolute atomic E-state index is 15.4. The molecule has 418 valence electrons. The summed E-state index contributed by atoms with van der Waals surface area (Å²) >= 11 is 0. The van der Waals surface area contributed by atoms with E-state index in [1.54, 1.807) is 6.92 Å². The largest absolute Gasteiger partial charge is 0.465 e. The summed E-state index contributed by atoms with van der Waals surface area (Å²) in [6, 6.07) is 10.5. The van der Waals surface area contributed by atoms with Crippen LogP contribution in [0.15, 0.2) is 76.7 Å². The zero-order chi connectivity index (χ0) is 54.8. The van der Waals surface area contributed by atoms with Crippen LogP contribution in [0, 0.1) is 87.8 Å². The molecule has 0 bridgehead atoms. The lowest BCUT2D eigenvalue weighted by Crippen LogP contribution is -2.66. The number of aromatic nitrogens is 1. The van der Waals surface area contributed by atoms with E-state index in [4.69, 9.17) is 10.5 Å². The van der Waals surface area contributed by atoms with E-state index >= 15 is 4.79 Å². The van der Waals surface area contributed by atoms with Crippen molar-refractivity contribution in [1.29, 1.82) is 0 Å². The Labute approximate surface area is 454 Å². The van der Waals surface area contributed by atoms with Crippen LogP contribution in [0.1, 0.15) is 135 Å². The van der Waals surface area contributed by atoms with Gasteiger partial charge in [-0.2, -0.15) is 0 Å². The first-order chi connectivity index (χ1) is 36.7. The van der Waals surface area contributed by atoms with E-state index < -0.39 is 94.1 Å². The molecule has 20 atom stereocenters. The fourth-order valence-corrected chi connectivity index (χ4v) is 17.5. The Morgan fingerprint density at radius 1 is 0.974 bits per heavy atom. The summed E-state index contributed by atoms with van der Waals surface area (Å²) in [6.45, 7) is 9.70. The van der Waals surface area contributed by atoms with Crippen molar-refractivity contribution in [1.82, 2.24) is 15.6 Å². The number of aliphatic hydroxyl groups is 6. The molecule has 15 nitrogen and oxygen atoms in total. The quantitative estimate of drug-likeness (QED) is 0.0433. The number of allylic oxidation sites excluding steroid dienone is 3. The molecule has 0 unspecified atom stereocenters. The molecule has 10 rings (SSSR count). The van der Waals surface area contributed by atoms with Crippen molar-refractivity contribution in [3.05, 3.63) is 82.8 Å². The number of ketones is 2. The summed E-state index contributed by atoms with van der Waals surface area (Å²) in [5, 5.41) is 81.0. The van der Waals surface area contributed by atoms with Gasteiger partial charge in [-0.25, -0.2) is 4.99 Å².